The number of thiophene rings is 1. The number of hydrogen-bond acceptors (Lipinski definition) is 4. The zero-order chi connectivity index (χ0) is 22.1. The lowest BCUT2D eigenvalue weighted by Crippen LogP contribution is -2.50. The zero-order valence-corrected chi connectivity index (χ0v) is 20.8. The van der Waals surface area contributed by atoms with Crippen LogP contribution in [0.2, 0.25) is 15.1 Å². The van der Waals surface area contributed by atoms with E-state index in [4.69, 9.17) is 34.8 Å². The Kier molecular flexibility index (Phi) is 7.10. The maximum absolute atomic E-state index is 13.0. The molecular formula is C21H17BrCl3N3O2S. The smallest absolute Gasteiger partial charge is 0.265 e. The van der Waals surface area contributed by atoms with E-state index in [0.717, 1.165) is 14.6 Å². The summed E-state index contributed by atoms with van der Waals surface area (Å²) in [5.74, 6) is -0.235. The highest BCUT2D eigenvalue weighted by molar-refractivity contribution is 9.10. The molecule has 5 nitrogen and oxygen atoms in total. The number of nitrogens with zero attached hydrogens (tertiary/aromatic N) is 2. The van der Waals surface area contributed by atoms with E-state index < -0.39 is 0 Å². The van der Waals surface area contributed by atoms with Crippen LogP contribution in [0.3, 0.4) is 0 Å². The Morgan fingerprint density at radius 3 is 2.48 bits per heavy atom. The van der Waals surface area contributed by atoms with E-state index in [1.807, 2.05) is 23.1 Å². The van der Waals surface area contributed by atoms with Crippen molar-refractivity contribution >= 4 is 89.7 Å². The summed E-state index contributed by atoms with van der Waals surface area (Å²) in [5.41, 5.74) is 0.572. The highest BCUT2D eigenvalue weighted by Crippen LogP contribution is 2.37. The van der Waals surface area contributed by atoms with Crippen LogP contribution in [-0.2, 0) is 4.79 Å². The summed E-state index contributed by atoms with van der Waals surface area (Å²) in [7, 11) is 0. The van der Waals surface area contributed by atoms with Gasteiger partial charge >= 0.3 is 0 Å². The van der Waals surface area contributed by atoms with Gasteiger partial charge in [-0.2, -0.15) is 0 Å². The maximum atomic E-state index is 13.0. The van der Waals surface area contributed by atoms with E-state index in [1.165, 1.54) is 11.3 Å². The van der Waals surface area contributed by atoms with Crippen molar-refractivity contribution in [3.05, 3.63) is 60.8 Å². The van der Waals surface area contributed by atoms with Crippen LogP contribution in [0.1, 0.15) is 9.67 Å². The molecular weight excluding hydrogens is 545 g/mol. The minimum absolute atomic E-state index is 0.0898. The Morgan fingerprint density at radius 2 is 1.77 bits per heavy atom. The van der Waals surface area contributed by atoms with Gasteiger partial charge in [-0.1, -0.05) is 56.8 Å². The first-order chi connectivity index (χ1) is 14.8. The van der Waals surface area contributed by atoms with E-state index in [-0.39, 0.29) is 18.4 Å². The van der Waals surface area contributed by atoms with Gasteiger partial charge in [-0.25, -0.2) is 0 Å². The van der Waals surface area contributed by atoms with Gasteiger partial charge in [-0.15, -0.1) is 11.3 Å². The van der Waals surface area contributed by atoms with Gasteiger partial charge in [0.15, 0.2) is 0 Å². The van der Waals surface area contributed by atoms with Crippen molar-refractivity contribution in [2.24, 2.45) is 0 Å². The molecule has 1 aliphatic rings. The van der Waals surface area contributed by atoms with Crippen LogP contribution in [0.4, 0.5) is 5.69 Å². The average Bonchev–Trinajstić information content (AvgIpc) is 3.05. The zero-order valence-electron chi connectivity index (χ0n) is 16.1. The second-order valence-corrected chi connectivity index (χ2v) is 10.3. The number of rotatable bonds is 4. The summed E-state index contributed by atoms with van der Waals surface area (Å²) >= 11 is 23.4. The fourth-order valence-electron chi connectivity index (χ4n) is 3.41. The number of carbonyl (C=O) groups excluding carboxylic acids is 2. The van der Waals surface area contributed by atoms with Gasteiger partial charge in [0.05, 0.1) is 22.3 Å². The van der Waals surface area contributed by atoms with Crippen molar-refractivity contribution in [1.29, 1.82) is 0 Å². The third kappa shape index (κ3) is 5.18. The lowest BCUT2D eigenvalue weighted by atomic mass is 10.2. The molecule has 1 aromatic heterocycles. The molecule has 0 radical (unpaired) electrons. The predicted octanol–water partition coefficient (Wildman–Crippen LogP) is 6.02. The minimum atomic E-state index is -0.145. The monoisotopic (exact) mass is 559 g/mol. The molecule has 0 atom stereocenters. The number of anilines is 1. The first-order valence-electron chi connectivity index (χ1n) is 9.46. The molecule has 162 valence electrons. The van der Waals surface area contributed by atoms with Gasteiger partial charge < -0.3 is 10.2 Å². The fraction of sp³-hybridized carbons (Fsp3) is 0.238. The number of fused-ring (bicyclic) bond motifs is 1. The molecule has 3 aromatic rings. The number of piperazine rings is 1. The maximum Gasteiger partial charge on any atom is 0.265 e. The summed E-state index contributed by atoms with van der Waals surface area (Å²) in [5, 5.41) is 5.22. The number of benzene rings is 2. The van der Waals surface area contributed by atoms with Gasteiger partial charge in [0.2, 0.25) is 5.91 Å². The van der Waals surface area contributed by atoms with E-state index in [1.54, 1.807) is 23.1 Å². The van der Waals surface area contributed by atoms with Crippen molar-refractivity contribution in [3.63, 3.8) is 0 Å². The molecule has 0 bridgehead atoms. The third-order valence-electron chi connectivity index (χ3n) is 5.02. The highest BCUT2D eigenvalue weighted by atomic mass is 79.9. The van der Waals surface area contributed by atoms with Crippen LogP contribution < -0.4 is 5.32 Å². The summed E-state index contributed by atoms with van der Waals surface area (Å²) in [6, 6.07) is 10.7. The molecule has 1 fully saturated rings. The van der Waals surface area contributed by atoms with Crippen LogP contribution >= 0.6 is 62.1 Å². The molecule has 10 heteroatoms. The quantitative estimate of drug-likeness (QED) is 0.424. The largest absolute Gasteiger partial charge is 0.335 e. The summed E-state index contributed by atoms with van der Waals surface area (Å²) in [6.45, 7) is 2.48. The van der Waals surface area contributed by atoms with E-state index in [0.29, 0.717) is 51.8 Å². The Balaban J connectivity index is 1.34. The van der Waals surface area contributed by atoms with E-state index in [2.05, 4.69) is 21.2 Å². The van der Waals surface area contributed by atoms with Crippen LogP contribution in [0.5, 0.6) is 0 Å². The molecule has 31 heavy (non-hydrogen) atoms. The summed E-state index contributed by atoms with van der Waals surface area (Å²) in [6.07, 6.45) is 0. The van der Waals surface area contributed by atoms with Crippen molar-refractivity contribution in [3.8, 4) is 0 Å². The highest BCUT2D eigenvalue weighted by Gasteiger charge is 2.27. The molecule has 4 rings (SSSR count). The first kappa shape index (κ1) is 22.8. The number of halogens is 4. The van der Waals surface area contributed by atoms with Gasteiger partial charge in [-0.3, -0.25) is 14.5 Å². The predicted molar refractivity (Wildman–Crippen MR) is 132 cm³/mol. The molecule has 0 unspecified atom stereocenters. The van der Waals surface area contributed by atoms with Crippen molar-refractivity contribution in [2.45, 2.75) is 0 Å². The normalized spacial score (nSPS) is 14.8. The number of nitrogens with one attached hydrogen (secondary N) is 1. The summed E-state index contributed by atoms with van der Waals surface area (Å²) in [4.78, 5) is 29.7. The second-order valence-electron chi connectivity index (χ2n) is 7.13. The number of carbonyl (C=O) groups is 2. The van der Waals surface area contributed by atoms with Crippen LogP contribution in [0.25, 0.3) is 10.1 Å². The number of amides is 2. The lowest BCUT2D eigenvalue weighted by molar-refractivity contribution is -0.117. The number of hydrogen-bond donors (Lipinski definition) is 1. The molecule has 1 N–H and O–H groups in total. The molecule has 1 saturated heterocycles. The van der Waals surface area contributed by atoms with Gasteiger partial charge in [0.1, 0.15) is 4.88 Å². The van der Waals surface area contributed by atoms with Crippen LogP contribution in [-0.4, -0.2) is 54.3 Å². The molecule has 0 aliphatic carbocycles. The first-order valence-corrected chi connectivity index (χ1v) is 12.2. The third-order valence-corrected chi connectivity index (χ3v) is 7.70. The Bertz CT molecular complexity index is 1160. The lowest BCUT2D eigenvalue weighted by Gasteiger charge is -2.34. The topological polar surface area (TPSA) is 52.7 Å². The van der Waals surface area contributed by atoms with Crippen molar-refractivity contribution < 1.29 is 9.59 Å². The standard InChI is InChI=1S/C21H17BrCl3N3O2S/c22-12-1-4-16(15(24)9-12)26-18(29)11-27-5-7-28(8-6-27)21(30)20-19(25)14-3-2-13(23)10-17(14)31-20/h1-4,9-10H,5-8,11H2,(H,26,29). The molecule has 2 aromatic carbocycles. The van der Waals surface area contributed by atoms with Crippen LogP contribution in [0, 0.1) is 0 Å². The molecule has 2 amide bonds. The second kappa shape index (κ2) is 9.65. The SMILES string of the molecule is O=C(CN1CCN(C(=O)c2sc3cc(Cl)ccc3c2Cl)CC1)Nc1ccc(Br)cc1Cl. The molecule has 1 aliphatic heterocycles. The molecule has 0 spiro atoms. The van der Waals surface area contributed by atoms with Gasteiger partial charge in [-0.05, 0) is 30.3 Å². The Morgan fingerprint density at radius 1 is 1.03 bits per heavy atom. The summed E-state index contributed by atoms with van der Waals surface area (Å²) < 4.78 is 1.74. The Labute approximate surface area is 207 Å². The minimum Gasteiger partial charge on any atom is -0.335 e. The van der Waals surface area contributed by atoms with E-state index in [9.17, 15) is 9.59 Å². The van der Waals surface area contributed by atoms with Crippen LogP contribution in [0.15, 0.2) is 40.9 Å². The molecule has 2 heterocycles. The van der Waals surface area contributed by atoms with Gasteiger partial charge in [0, 0.05) is 45.8 Å². The van der Waals surface area contributed by atoms with Gasteiger partial charge in [0.25, 0.3) is 5.91 Å². The van der Waals surface area contributed by atoms with Crippen molar-refractivity contribution in [2.75, 3.05) is 38.0 Å². The fourth-order valence-corrected chi connectivity index (χ4v) is 5.89. The van der Waals surface area contributed by atoms with E-state index >= 15 is 0 Å². The van der Waals surface area contributed by atoms with Crippen molar-refractivity contribution in [1.82, 2.24) is 9.80 Å². The Hall–Kier alpha value is -1.35. The average molecular weight is 562 g/mol. The molecule has 0 saturated carbocycles.